The number of fused-ring (bicyclic) bond motifs is 3. The number of hydrogen-bond donors (Lipinski definition) is 0. The molecule has 0 N–H and O–H groups in total. The molecular weight excluding hydrogens is 454 g/mol. The molecule has 5 unspecified atom stereocenters. The van der Waals surface area contributed by atoms with Gasteiger partial charge in [-0.3, -0.25) is 0 Å². The van der Waals surface area contributed by atoms with Gasteiger partial charge in [-0.2, -0.15) is 0 Å². The van der Waals surface area contributed by atoms with Gasteiger partial charge < -0.3 is 4.42 Å². The van der Waals surface area contributed by atoms with Gasteiger partial charge in [0.15, 0.2) is 0 Å². The van der Waals surface area contributed by atoms with Crippen molar-refractivity contribution in [2.75, 3.05) is 0 Å². The Balaban J connectivity index is 1.95. The Labute approximate surface area is 261 Å². The molecule has 3 fully saturated rings. The fourth-order valence-corrected chi connectivity index (χ4v) is 4.72. The Kier molecular flexibility index (Phi) is 2.18. The molecule has 2 heterocycles. The highest BCUT2D eigenvalue weighted by Crippen LogP contribution is 2.54. The molecule has 5 atom stereocenters. The van der Waals surface area contributed by atoms with Gasteiger partial charge in [0, 0.05) is 61.7 Å². The van der Waals surface area contributed by atoms with Crippen LogP contribution in [0.25, 0.3) is 33.2 Å². The van der Waals surface area contributed by atoms with Crippen molar-refractivity contribution in [3.8, 4) is 11.3 Å². The van der Waals surface area contributed by atoms with E-state index in [2.05, 4.69) is 15.4 Å². The Morgan fingerprint density at radius 3 is 2.27 bits per heavy atom. The van der Waals surface area contributed by atoms with Gasteiger partial charge in [0.25, 0.3) is 0 Å². The van der Waals surface area contributed by atoms with Crippen molar-refractivity contribution in [1.82, 2.24) is 15.4 Å². The molecule has 0 aliphatic heterocycles. The van der Waals surface area contributed by atoms with Crippen molar-refractivity contribution in [3.63, 3.8) is 0 Å². The molecule has 0 bridgehead atoms. The second-order valence-corrected chi connectivity index (χ2v) is 8.17. The van der Waals surface area contributed by atoms with Crippen molar-refractivity contribution < 1.29 is 44.2 Å². The zero-order valence-electron chi connectivity index (χ0n) is 48.1. The third kappa shape index (κ3) is 4.17. The molecule has 2 aromatic heterocycles. The molecule has 0 amide bonds. The molecule has 0 saturated heterocycles. The predicted octanol–water partition coefficient (Wildman–Crippen LogP) is 9.58. The van der Waals surface area contributed by atoms with Gasteiger partial charge in [-0.25, -0.2) is 0 Å². The van der Waals surface area contributed by atoms with E-state index in [-0.39, 0.29) is 5.39 Å². The van der Waals surface area contributed by atoms with Crippen LogP contribution in [0.15, 0.2) is 40.9 Å². The summed E-state index contributed by atoms with van der Waals surface area (Å²) >= 11 is 0. The number of aromatic nitrogens is 3. The fraction of sp³-hybridized carbons (Fsp3) is 0.545. The second-order valence-electron chi connectivity index (χ2n) is 8.17. The Morgan fingerprint density at radius 1 is 0.757 bits per heavy atom. The van der Waals surface area contributed by atoms with Crippen LogP contribution in [0.4, 0.5) is 0 Å². The predicted molar refractivity (Wildman–Crippen MR) is 150 cm³/mol. The van der Waals surface area contributed by atoms with E-state index < -0.39 is 158 Å². The summed E-state index contributed by atoms with van der Waals surface area (Å²) in [7, 11) is 0. The third-order valence-corrected chi connectivity index (χ3v) is 6.15. The van der Waals surface area contributed by atoms with Crippen molar-refractivity contribution in [2.24, 2.45) is 0 Å². The highest BCUT2D eigenvalue weighted by atomic mass is 16.3. The maximum Gasteiger partial charge on any atom is 0.139 e. The van der Waals surface area contributed by atoms with Crippen LogP contribution in [-0.2, 0) is 0 Å². The first kappa shape index (κ1) is 7.90. The largest absolute Gasteiger partial charge is 0.456 e. The highest BCUT2D eigenvalue weighted by Gasteiger charge is 2.36. The van der Waals surface area contributed by atoms with Crippen LogP contribution in [0.3, 0.4) is 0 Å². The van der Waals surface area contributed by atoms with E-state index in [4.69, 9.17) is 29.1 Å². The summed E-state index contributed by atoms with van der Waals surface area (Å²) in [6, 6.07) is 5.64. The molecule has 2 aromatic carbocycles. The maximum absolute atomic E-state index is 10.3. The molecule has 4 heteroatoms. The van der Waals surface area contributed by atoms with Gasteiger partial charge in [0.2, 0.25) is 0 Å². The zero-order valence-corrected chi connectivity index (χ0v) is 19.1. The first-order valence-electron chi connectivity index (χ1n) is 26.0. The van der Waals surface area contributed by atoms with E-state index in [9.17, 15) is 15.1 Å². The zero-order chi connectivity index (χ0) is 50.6. The van der Waals surface area contributed by atoms with E-state index in [1.807, 2.05) is 0 Å². The molecule has 0 radical (unpaired) electrons. The van der Waals surface area contributed by atoms with Gasteiger partial charge in [0.1, 0.15) is 11.2 Å². The van der Waals surface area contributed by atoms with Crippen molar-refractivity contribution in [2.45, 2.75) is 113 Å². The second kappa shape index (κ2) is 10.2. The monoisotopic (exact) mass is 522 g/mol. The van der Waals surface area contributed by atoms with Crippen LogP contribution in [0.2, 0.25) is 0 Å². The summed E-state index contributed by atoms with van der Waals surface area (Å²) < 4.78 is 270. The van der Waals surface area contributed by atoms with Gasteiger partial charge in [0.05, 0.1) is 11.9 Å². The minimum Gasteiger partial charge on any atom is -0.456 e. The lowest BCUT2D eigenvalue weighted by molar-refractivity contribution is 0.416. The lowest BCUT2D eigenvalue weighted by atomic mass is 9.69. The molecule has 0 spiro atoms. The van der Waals surface area contributed by atoms with Gasteiger partial charge in [-0.1, -0.05) is 75.6 Å². The summed E-state index contributed by atoms with van der Waals surface area (Å²) in [6.45, 7) is 0. The normalized spacial score (nSPS) is 62.9. The Hall–Kier alpha value is -2.75. The average molecular weight is 523 g/mol. The van der Waals surface area contributed by atoms with Gasteiger partial charge in [-0.05, 0) is 84.5 Å². The van der Waals surface area contributed by atoms with Crippen molar-refractivity contribution in [1.29, 1.82) is 0 Å². The van der Waals surface area contributed by atoms with Crippen molar-refractivity contribution in [3.05, 3.63) is 53.2 Å². The lowest BCUT2D eigenvalue weighted by Gasteiger charge is -2.34. The summed E-state index contributed by atoms with van der Waals surface area (Å²) in [4.78, 5) is 0. The van der Waals surface area contributed by atoms with Crippen LogP contribution < -0.4 is 0 Å². The summed E-state index contributed by atoms with van der Waals surface area (Å²) in [5.74, 6) is -12.3. The van der Waals surface area contributed by atoms with Crippen molar-refractivity contribution >= 4 is 21.9 Å². The van der Waals surface area contributed by atoms with E-state index in [0.717, 1.165) is 24.4 Å². The maximum atomic E-state index is 10.3. The minimum absolute atomic E-state index is 0.367. The molecule has 37 heavy (non-hydrogen) atoms. The third-order valence-electron chi connectivity index (χ3n) is 6.15. The SMILES string of the molecule is [2H]C1C([2H])([2H])C([2H])([2H])C([2H])([2H])C([2H])([2H])C1([2H])c1c(-c2ccnnn2)c(C2([2H])CC([2H])([2H])C([2H])([2H])C([2H])([2H])C2([2H])[2H])c2c(oc3ccccc32)c1C1([2H])C([2H])C([2H])([2H])C([2H])([2H])C([2H])([2H])C1([2H])[2H]. The molecule has 7 rings (SSSR count). The summed E-state index contributed by atoms with van der Waals surface area (Å²) in [6.07, 6.45) is -56.9. The number of para-hydroxylation sites is 1. The summed E-state index contributed by atoms with van der Waals surface area (Å²) in [5.41, 5.74) is -8.51. The van der Waals surface area contributed by atoms with E-state index in [1.165, 1.54) is 12.1 Å². The Morgan fingerprint density at radius 2 is 1.49 bits per heavy atom. The number of benzene rings is 2. The molecule has 4 aromatic rings. The molecule has 3 aliphatic rings. The average Bonchev–Trinajstić information content (AvgIpc) is 3.58. The van der Waals surface area contributed by atoms with Crippen LogP contribution in [0.5, 0.6) is 0 Å². The molecule has 3 saturated carbocycles. The minimum atomic E-state index is -4.44. The van der Waals surface area contributed by atoms with Crippen LogP contribution in [-0.4, -0.2) is 15.4 Å². The lowest BCUT2D eigenvalue weighted by Crippen LogP contribution is -2.17. The van der Waals surface area contributed by atoms with Gasteiger partial charge in [-0.15, -0.1) is 10.2 Å². The standard InChI is InChI=1S/C33H39N3O/c1-4-12-22(13-5-1)28-30(24-16-8-3-9-17-24)33-31(25-18-10-11-19-27(25)37-33)29(23-14-6-2-7-15-23)32(28)26-20-21-34-36-35-26/h10-11,18-24H,1-9,12-17H2/i1D2,2D2,3D2,4D2,5D2,6D2,7D2,8D2,9D2,12D,13D2,14D2,16D,17D2,22D,23D,24D. The molecule has 4 nitrogen and oxygen atoms in total. The number of hydrogen-bond acceptors (Lipinski definition) is 4. The fourth-order valence-electron chi connectivity index (χ4n) is 4.72. The number of nitrogens with zero attached hydrogens (tertiary/aromatic N) is 3. The summed E-state index contributed by atoms with van der Waals surface area (Å²) in [5, 5.41) is 9.70. The van der Waals surface area contributed by atoms with Gasteiger partial charge >= 0.3 is 0 Å². The number of furan rings is 1. The number of rotatable bonds is 4. The van der Waals surface area contributed by atoms with Crippen LogP contribution in [0.1, 0.15) is 170 Å². The van der Waals surface area contributed by atoms with Crippen LogP contribution in [0, 0.1) is 0 Å². The topological polar surface area (TPSA) is 51.8 Å². The van der Waals surface area contributed by atoms with Crippen LogP contribution >= 0.6 is 0 Å². The first-order valence-corrected chi connectivity index (χ1v) is 11.4. The van der Waals surface area contributed by atoms with E-state index in [1.54, 1.807) is 0 Å². The highest BCUT2D eigenvalue weighted by molar-refractivity contribution is 6.11. The smallest absolute Gasteiger partial charge is 0.139 e. The molecular formula is C33H39N3O. The first-order chi connectivity index (χ1) is 29.3. The Bertz CT molecular complexity index is 2660. The van der Waals surface area contributed by atoms with E-state index >= 15 is 0 Å². The molecule has 3 aliphatic carbocycles. The quantitative estimate of drug-likeness (QED) is 0.268. The molecule has 192 valence electrons. The van der Waals surface area contributed by atoms with E-state index in [0.29, 0.717) is 0 Å².